The average Bonchev–Trinajstić information content (AvgIpc) is 2.69. The highest BCUT2D eigenvalue weighted by atomic mass is 16.4. The predicted octanol–water partition coefficient (Wildman–Crippen LogP) is 1.36. The fourth-order valence-corrected chi connectivity index (χ4v) is 1.20. The largest absolute Gasteiger partial charge is 0.465 e. The fraction of sp³-hybridized carbons (Fsp3) is 0. The van der Waals surface area contributed by atoms with Crippen LogP contribution in [0.2, 0.25) is 0 Å². The van der Waals surface area contributed by atoms with E-state index >= 15 is 0 Å². The number of rotatable bonds is 2. The molecule has 6 heteroatoms. The Morgan fingerprint density at radius 3 is 3.00 bits per heavy atom. The van der Waals surface area contributed by atoms with Crippen molar-refractivity contribution >= 4 is 11.8 Å². The molecule has 1 amide bonds. The summed E-state index contributed by atoms with van der Waals surface area (Å²) in [6, 6.07) is 6.88. The van der Waals surface area contributed by atoms with Crippen LogP contribution in [0.3, 0.4) is 0 Å². The molecule has 0 aliphatic rings. The Kier molecular flexibility index (Phi) is 2.32. The van der Waals surface area contributed by atoms with Crippen molar-refractivity contribution in [3.05, 3.63) is 36.7 Å². The Hall–Kier alpha value is -2.37. The zero-order valence-electron chi connectivity index (χ0n) is 7.66. The number of hydrogen-bond acceptors (Lipinski definition) is 3. The molecule has 0 aliphatic heterocycles. The van der Waals surface area contributed by atoms with Crippen molar-refractivity contribution in [2.45, 2.75) is 0 Å². The predicted molar refractivity (Wildman–Crippen MR) is 53.0 cm³/mol. The number of amides is 1. The summed E-state index contributed by atoms with van der Waals surface area (Å²) in [7, 11) is 0. The van der Waals surface area contributed by atoms with Crippen LogP contribution in [-0.2, 0) is 0 Å². The lowest BCUT2D eigenvalue weighted by molar-refractivity contribution is 0.210. The summed E-state index contributed by atoms with van der Waals surface area (Å²) in [6.45, 7) is 0. The van der Waals surface area contributed by atoms with E-state index in [0.29, 0.717) is 5.69 Å². The van der Waals surface area contributed by atoms with E-state index in [1.807, 2.05) is 6.07 Å². The SMILES string of the molecule is O=C(O)Nc1cccc(-n2ccnn2)c1. The Morgan fingerprint density at radius 1 is 1.47 bits per heavy atom. The topological polar surface area (TPSA) is 80.0 Å². The maximum atomic E-state index is 10.4. The van der Waals surface area contributed by atoms with Crippen molar-refractivity contribution < 1.29 is 9.90 Å². The first-order chi connectivity index (χ1) is 7.25. The first-order valence-electron chi connectivity index (χ1n) is 4.22. The number of nitrogens with one attached hydrogen (secondary N) is 1. The Labute approximate surface area is 85.2 Å². The highest BCUT2D eigenvalue weighted by Crippen LogP contribution is 2.13. The third-order valence-electron chi connectivity index (χ3n) is 1.78. The zero-order chi connectivity index (χ0) is 10.7. The molecule has 0 bridgehead atoms. The lowest BCUT2D eigenvalue weighted by Crippen LogP contribution is -2.07. The van der Waals surface area contributed by atoms with Crippen molar-refractivity contribution in [2.75, 3.05) is 5.32 Å². The van der Waals surface area contributed by atoms with Gasteiger partial charge in [-0.25, -0.2) is 9.48 Å². The molecule has 15 heavy (non-hydrogen) atoms. The van der Waals surface area contributed by atoms with E-state index in [-0.39, 0.29) is 0 Å². The number of anilines is 1. The molecule has 6 nitrogen and oxygen atoms in total. The summed E-state index contributed by atoms with van der Waals surface area (Å²) >= 11 is 0. The second kappa shape index (κ2) is 3.79. The first-order valence-corrected chi connectivity index (χ1v) is 4.22. The van der Waals surface area contributed by atoms with E-state index in [4.69, 9.17) is 5.11 Å². The van der Waals surface area contributed by atoms with Crippen molar-refractivity contribution in [1.29, 1.82) is 0 Å². The summed E-state index contributed by atoms with van der Waals surface area (Å²) in [4.78, 5) is 10.4. The molecule has 2 aromatic rings. The van der Waals surface area contributed by atoms with Gasteiger partial charge in [-0.1, -0.05) is 11.3 Å². The maximum Gasteiger partial charge on any atom is 0.409 e. The molecule has 0 fully saturated rings. The number of hydrogen-bond donors (Lipinski definition) is 2. The van der Waals surface area contributed by atoms with E-state index < -0.39 is 6.09 Å². The maximum absolute atomic E-state index is 10.4. The average molecular weight is 204 g/mol. The van der Waals surface area contributed by atoms with E-state index in [1.54, 1.807) is 35.3 Å². The van der Waals surface area contributed by atoms with E-state index in [9.17, 15) is 4.79 Å². The van der Waals surface area contributed by atoms with Gasteiger partial charge in [-0.05, 0) is 18.2 Å². The number of nitrogens with zero attached hydrogens (tertiary/aromatic N) is 3. The van der Waals surface area contributed by atoms with Crippen LogP contribution in [0.1, 0.15) is 0 Å². The summed E-state index contributed by atoms with van der Waals surface area (Å²) in [5, 5.41) is 18.3. The lowest BCUT2D eigenvalue weighted by atomic mass is 10.3. The van der Waals surface area contributed by atoms with Gasteiger partial charge in [0.15, 0.2) is 0 Å². The Morgan fingerprint density at radius 2 is 2.33 bits per heavy atom. The first kappa shape index (κ1) is 9.20. The zero-order valence-corrected chi connectivity index (χ0v) is 7.66. The van der Waals surface area contributed by atoms with Crippen molar-refractivity contribution in [3.8, 4) is 5.69 Å². The lowest BCUT2D eigenvalue weighted by Gasteiger charge is -2.03. The van der Waals surface area contributed by atoms with Crippen LogP contribution >= 0.6 is 0 Å². The molecule has 0 aliphatic carbocycles. The minimum absolute atomic E-state index is 0.496. The Balaban J connectivity index is 2.31. The molecule has 0 saturated carbocycles. The summed E-state index contributed by atoms with van der Waals surface area (Å²) in [5.74, 6) is 0. The quantitative estimate of drug-likeness (QED) is 0.773. The minimum Gasteiger partial charge on any atom is -0.465 e. The van der Waals surface area contributed by atoms with Crippen LogP contribution < -0.4 is 5.32 Å². The second-order valence-electron chi connectivity index (χ2n) is 2.83. The van der Waals surface area contributed by atoms with Gasteiger partial charge in [-0.3, -0.25) is 5.32 Å². The van der Waals surface area contributed by atoms with Gasteiger partial charge in [0.05, 0.1) is 18.1 Å². The molecule has 1 aromatic carbocycles. The van der Waals surface area contributed by atoms with Crippen LogP contribution in [0.4, 0.5) is 10.5 Å². The van der Waals surface area contributed by atoms with Crippen molar-refractivity contribution in [1.82, 2.24) is 15.0 Å². The normalized spacial score (nSPS) is 9.87. The molecule has 2 rings (SSSR count). The van der Waals surface area contributed by atoms with Gasteiger partial charge in [0, 0.05) is 5.69 Å². The Bertz CT molecular complexity index is 467. The van der Waals surface area contributed by atoms with Crippen molar-refractivity contribution in [3.63, 3.8) is 0 Å². The van der Waals surface area contributed by atoms with Gasteiger partial charge >= 0.3 is 6.09 Å². The van der Waals surface area contributed by atoms with E-state index in [1.165, 1.54) is 0 Å². The van der Waals surface area contributed by atoms with Crippen LogP contribution in [0.5, 0.6) is 0 Å². The number of benzene rings is 1. The van der Waals surface area contributed by atoms with Gasteiger partial charge in [-0.15, -0.1) is 5.10 Å². The molecule has 0 unspecified atom stereocenters. The second-order valence-corrected chi connectivity index (χ2v) is 2.83. The van der Waals surface area contributed by atoms with Crippen LogP contribution in [-0.4, -0.2) is 26.2 Å². The van der Waals surface area contributed by atoms with Crippen LogP contribution in [0.15, 0.2) is 36.7 Å². The van der Waals surface area contributed by atoms with Gasteiger partial charge in [0.25, 0.3) is 0 Å². The summed E-state index contributed by atoms with van der Waals surface area (Å²) in [5.41, 5.74) is 1.24. The molecular weight excluding hydrogens is 196 g/mol. The van der Waals surface area contributed by atoms with E-state index in [0.717, 1.165) is 5.69 Å². The van der Waals surface area contributed by atoms with Gasteiger partial charge in [0.1, 0.15) is 0 Å². The molecule has 0 atom stereocenters. The van der Waals surface area contributed by atoms with Gasteiger partial charge in [0.2, 0.25) is 0 Å². The fourth-order valence-electron chi connectivity index (χ4n) is 1.20. The molecule has 0 saturated heterocycles. The number of aromatic nitrogens is 3. The molecule has 1 aromatic heterocycles. The third kappa shape index (κ3) is 2.11. The van der Waals surface area contributed by atoms with Crippen LogP contribution in [0.25, 0.3) is 5.69 Å². The number of carboxylic acid groups (broad SMARTS) is 1. The molecule has 0 spiro atoms. The van der Waals surface area contributed by atoms with Gasteiger partial charge in [-0.2, -0.15) is 0 Å². The third-order valence-corrected chi connectivity index (χ3v) is 1.78. The molecule has 2 N–H and O–H groups in total. The standard InChI is InChI=1S/C9H8N4O2/c14-9(15)11-7-2-1-3-8(6-7)13-5-4-10-12-13/h1-6,11H,(H,14,15). The van der Waals surface area contributed by atoms with Crippen LogP contribution in [0, 0.1) is 0 Å². The highest BCUT2D eigenvalue weighted by molar-refractivity contribution is 5.83. The molecule has 76 valence electrons. The number of carbonyl (C=O) groups is 1. The van der Waals surface area contributed by atoms with Crippen molar-refractivity contribution in [2.24, 2.45) is 0 Å². The molecular formula is C9H8N4O2. The molecule has 1 heterocycles. The van der Waals surface area contributed by atoms with E-state index in [2.05, 4.69) is 15.6 Å². The smallest absolute Gasteiger partial charge is 0.409 e. The minimum atomic E-state index is -1.09. The highest BCUT2D eigenvalue weighted by Gasteiger charge is 2.00. The summed E-state index contributed by atoms with van der Waals surface area (Å²) in [6.07, 6.45) is 2.14. The molecule has 0 radical (unpaired) electrons. The van der Waals surface area contributed by atoms with Gasteiger partial charge < -0.3 is 5.11 Å². The summed E-state index contributed by atoms with van der Waals surface area (Å²) < 4.78 is 1.55. The monoisotopic (exact) mass is 204 g/mol.